The molecule has 0 radical (unpaired) electrons. The van der Waals surface area contributed by atoms with Crippen molar-refractivity contribution in [1.29, 1.82) is 0 Å². The molecule has 2 fully saturated rings. The van der Waals surface area contributed by atoms with E-state index in [2.05, 4.69) is 48.6 Å². The van der Waals surface area contributed by atoms with E-state index in [1.807, 2.05) is 0 Å². The largest absolute Gasteiger partial charge is 0.114 e. The lowest BCUT2D eigenvalue weighted by Gasteiger charge is -2.25. The third kappa shape index (κ3) is 2.51. The average Bonchev–Trinajstić information content (AvgIpc) is 3.09. The molecule has 0 N–H and O–H groups in total. The predicted octanol–water partition coefficient (Wildman–Crippen LogP) is 4.60. The minimum absolute atomic E-state index is 0.875. The van der Waals surface area contributed by atoms with E-state index in [9.17, 15) is 0 Å². The van der Waals surface area contributed by atoms with Crippen molar-refractivity contribution in [3.05, 3.63) is 48.6 Å². The first kappa shape index (κ1) is 13.5. The first-order valence-electron chi connectivity index (χ1n) is 8.08. The predicted molar refractivity (Wildman–Crippen MR) is 93.7 cm³/mol. The Morgan fingerprint density at radius 3 is 1.60 bits per heavy atom. The van der Waals surface area contributed by atoms with E-state index in [1.165, 1.54) is 42.3 Å². The highest BCUT2D eigenvalue weighted by atomic mass is 31.1. The van der Waals surface area contributed by atoms with Gasteiger partial charge in [0.2, 0.25) is 0 Å². The summed E-state index contributed by atoms with van der Waals surface area (Å²) >= 11 is 0. The maximum absolute atomic E-state index is 2.50. The van der Waals surface area contributed by atoms with Crippen molar-refractivity contribution < 1.29 is 0 Å². The van der Waals surface area contributed by atoms with Crippen molar-refractivity contribution in [2.75, 3.05) is 12.3 Å². The fourth-order valence-corrected chi connectivity index (χ4v) is 8.33. The molecule has 8 atom stereocenters. The molecule has 2 saturated heterocycles. The van der Waals surface area contributed by atoms with Gasteiger partial charge in [0.15, 0.2) is 0 Å². The minimum atomic E-state index is 0.875. The summed E-state index contributed by atoms with van der Waals surface area (Å²) in [6, 6.07) is 0. The van der Waals surface area contributed by atoms with E-state index in [0.29, 0.717) is 0 Å². The maximum atomic E-state index is 2.50. The number of hydrogen-bond donors (Lipinski definition) is 0. The number of fused-ring (bicyclic) bond motifs is 2. The Morgan fingerprint density at radius 1 is 0.650 bits per heavy atom. The molecule has 4 aliphatic rings. The number of allylic oxidation sites excluding steroid dienone is 8. The van der Waals surface area contributed by atoms with Gasteiger partial charge in [-0.1, -0.05) is 48.6 Å². The Balaban J connectivity index is 1.35. The Bertz CT molecular complexity index is 430. The van der Waals surface area contributed by atoms with Crippen molar-refractivity contribution in [3.8, 4) is 0 Å². The van der Waals surface area contributed by atoms with E-state index in [4.69, 9.17) is 0 Å². The molecule has 2 heteroatoms. The van der Waals surface area contributed by atoms with Crippen LogP contribution in [0.15, 0.2) is 48.6 Å². The lowest BCUT2D eigenvalue weighted by atomic mass is 9.80. The number of hydrogen-bond acceptors (Lipinski definition) is 0. The monoisotopic (exact) mass is 302 g/mol. The summed E-state index contributed by atoms with van der Waals surface area (Å²) < 4.78 is 0. The van der Waals surface area contributed by atoms with Gasteiger partial charge in [-0.25, -0.2) is 0 Å². The van der Waals surface area contributed by atoms with Gasteiger partial charge in [-0.2, -0.15) is 0 Å². The summed E-state index contributed by atoms with van der Waals surface area (Å²) in [7, 11) is 2.36. The summed E-state index contributed by atoms with van der Waals surface area (Å²) in [6.45, 7) is 0. The lowest BCUT2D eigenvalue weighted by Crippen LogP contribution is -2.21. The molecular formula is C18H24P2. The van der Waals surface area contributed by atoms with Crippen LogP contribution in [-0.4, -0.2) is 23.6 Å². The van der Waals surface area contributed by atoms with Crippen molar-refractivity contribution in [3.63, 3.8) is 0 Å². The molecule has 2 aliphatic carbocycles. The van der Waals surface area contributed by atoms with Crippen molar-refractivity contribution in [2.45, 2.75) is 24.2 Å². The quantitative estimate of drug-likeness (QED) is 0.668. The molecule has 0 nitrogen and oxygen atoms in total. The maximum Gasteiger partial charge on any atom is 0.00116 e. The van der Waals surface area contributed by atoms with Crippen molar-refractivity contribution in [1.82, 2.24) is 0 Å². The standard InChI is InChI=1S/C18H24P2/c1-3-7-17-15(5-1)13(11-19-17)9-10-14-12-20-18-8-4-2-6-16(14)18/h1-8,13-20H,9-12H2. The highest BCUT2D eigenvalue weighted by Crippen LogP contribution is 2.50. The van der Waals surface area contributed by atoms with Gasteiger partial charge in [0.05, 0.1) is 0 Å². The van der Waals surface area contributed by atoms with Crippen LogP contribution in [-0.2, 0) is 0 Å². The van der Waals surface area contributed by atoms with E-state index >= 15 is 0 Å². The number of rotatable bonds is 3. The Hall–Kier alpha value is -0.180. The normalized spacial score (nSPS) is 47.2. The topological polar surface area (TPSA) is 0 Å². The van der Waals surface area contributed by atoms with E-state index in [1.54, 1.807) is 0 Å². The Labute approximate surface area is 126 Å². The summed E-state index contributed by atoms with van der Waals surface area (Å²) in [4.78, 5) is 0. The van der Waals surface area contributed by atoms with Gasteiger partial charge in [0.25, 0.3) is 0 Å². The van der Waals surface area contributed by atoms with E-state index < -0.39 is 0 Å². The van der Waals surface area contributed by atoms with Gasteiger partial charge in [0.1, 0.15) is 0 Å². The lowest BCUT2D eigenvalue weighted by molar-refractivity contribution is 0.352. The second-order valence-electron chi connectivity index (χ2n) is 6.66. The molecular weight excluding hydrogens is 278 g/mol. The van der Waals surface area contributed by atoms with E-state index in [-0.39, 0.29) is 0 Å². The van der Waals surface area contributed by atoms with Crippen LogP contribution in [0.5, 0.6) is 0 Å². The van der Waals surface area contributed by atoms with Crippen LogP contribution in [0.3, 0.4) is 0 Å². The molecule has 0 aromatic rings. The summed E-state index contributed by atoms with van der Waals surface area (Å²) in [5, 5.41) is 0. The molecule has 4 rings (SSSR count). The van der Waals surface area contributed by atoms with Crippen LogP contribution < -0.4 is 0 Å². The molecule has 8 unspecified atom stereocenters. The highest BCUT2D eigenvalue weighted by Gasteiger charge is 2.37. The van der Waals surface area contributed by atoms with Gasteiger partial charge >= 0.3 is 0 Å². The van der Waals surface area contributed by atoms with Gasteiger partial charge in [0, 0.05) is 11.3 Å². The second kappa shape index (κ2) is 5.90. The van der Waals surface area contributed by atoms with Crippen LogP contribution >= 0.6 is 17.2 Å². The zero-order valence-corrected chi connectivity index (χ0v) is 13.9. The van der Waals surface area contributed by atoms with Crippen LogP contribution in [0.25, 0.3) is 0 Å². The molecule has 2 aliphatic heterocycles. The average molecular weight is 302 g/mol. The van der Waals surface area contributed by atoms with Crippen molar-refractivity contribution >= 4 is 17.2 Å². The Morgan fingerprint density at radius 2 is 1.10 bits per heavy atom. The first-order chi connectivity index (χ1) is 9.92. The minimum Gasteiger partial charge on any atom is -0.114 e. The fraction of sp³-hybridized carbons (Fsp3) is 0.556. The zero-order valence-electron chi connectivity index (χ0n) is 11.9. The fourth-order valence-electron chi connectivity index (χ4n) is 4.42. The SMILES string of the molecule is C1=CC2PCC(CCC3CPC4C=CC=CC34)C2C=C1. The summed E-state index contributed by atoms with van der Waals surface area (Å²) in [6.07, 6.45) is 24.9. The molecule has 0 aromatic carbocycles. The van der Waals surface area contributed by atoms with Crippen molar-refractivity contribution in [2.24, 2.45) is 23.7 Å². The van der Waals surface area contributed by atoms with Crippen LogP contribution in [0.4, 0.5) is 0 Å². The third-order valence-corrected chi connectivity index (χ3v) is 9.20. The molecule has 0 amide bonds. The van der Waals surface area contributed by atoms with Gasteiger partial charge in [-0.15, -0.1) is 17.2 Å². The summed E-state index contributed by atoms with van der Waals surface area (Å²) in [5.74, 6) is 3.70. The third-order valence-electron chi connectivity index (χ3n) is 5.58. The van der Waals surface area contributed by atoms with Crippen LogP contribution in [0.1, 0.15) is 12.8 Å². The molecule has 0 saturated carbocycles. The van der Waals surface area contributed by atoms with Gasteiger partial charge in [-0.3, -0.25) is 0 Å². The molecule has 20 heavy (non-hydrogen) atoms. The molecule has 106 valence electrons. The first-order valence-corrected chi connectivity index (χ1v) is 10.7. The zero-order chi connectivity index (χ0) is 13.4. The van der Waals surface area contributed by atoms with Gasteiger partial charge < -0.3 is 0 Å². The van der Waals surface area contributed by atoms with Crippen LogP contribution in [0.2, 0.25) is 0 Å². The van der Waals surface area contributed by atoms with Gasteiger partial charge in [-0.05, 0) is 48.8 Å². The second-order valence-corrected chi connectivity index (χ2v) is 9.63. The van der Waals surface area contributed by atoms with E-state index in [0.717, 1.165) is 35.0 Å². The smallest absolute Gasteiger partial charge is 0.00116 e. The summed E-state index contributed by atoms with van der Waals surface area (Å²) in [5.41, 5.74) is 1.78. The molecule has 0 spiro atoms. The molecule has 0 bridgehead atoms. The molecule has 0 aromatic heterocycles. The molecule has 2 heterocycles. The highest BCUT2D eigenvalue weighted by molar-refractivity contribution is 7.39. The van der Waals surface area contributed by atoms with Crippen LogP contribution in [0, 0.1) is 23.7 Å². The Kier molecular flexibility index (Phi) is 3.98.